The molecule has 6 heteroatoms. The van der Waals surface area contributed by atoms with Gasteiger partial charge in [0.25, 0.3) is 0 Å². The molecule has 70 valence electrons. The number of rotatable bonds is 1. The number of nitrogens with two attached hydrogens (primary N) is 1. The van der Waals surface area contributed by atoms with Crippen LogP contribution in [0.1, 0.15) is 11.5 Å². The monoisotopic (exact) mass is 200 g/mol. The van der Waals surface area contributed by atoms with Crippen LogP contribution in [0, 0.1) is 0 Å². The fourth-order valence-corrected chi connectivity index (χ4v) is 1.76. The van der Waals surface area contributed by atoms with Gasteiger partial charge < -0.3 is 16.2 Å². The highest BCUT2D eigenvalue weighted by molar-refractivity contribution is 6.30. The maximum atomic E-state index is 9.02. The fourth-order valence-electron chi connectivity index (χ4n) is 1.43. The van der Waals surface area contributed by atoms with Gasteiger partial charge in [-0.15, -0.1) is 0 Å². The second-order valence-electron chi connectivity index (χ2n) is 2.90. The summed E-state index contributed by atoms with van der Waals surface area (Å²) in [5, 5.41) is 12.4. The first-order valence-electron chi connectivity index (χ1n) is 3.90. The number of aromatic nitrogens is 2. The third kappa shape index (κ3) is 1.30. The molecule has 1 aliphatic rings. The maximum absolute atomic E-state index is 9.02. The number of fused-ring (bicyclic) bond motifs is 1. The van der Waals surface area contributed by atoms with Gasteiger partial charge >= 0.3 is 0 Å². The van der Waals surface area contributed by atoms with Gasteiger partial charge in [0.2, 0.25) is 5.95 Å². The van der Waals surface area contributed by atoms with Crippen molar-refractivity contribution >= 4 is 23.4 Å². The highest BCUT2D eigenvalue weighted by Crippen LogP contribution is 2.34. The number of nitrogens with one attached hydrogen (secondary N) is 1. The molecule has 1 unspecified atom stereocenters. The lowest BCUT2D eigenvalue weighted by Crippen LogP contribution is -2.06. The molecule has 2 rings (SSSR count). The summed E-state index contributed by atoms with van der Waals surface area (Å²) in [4.78, 5) is 7.80. The van der Waals surface area contributed by atoms with E-state index >= 15 is 0 Å². The molecule has 0 amide bonds. The molecule has 4 N–H and O–H groups in total. The zero-order valence-electron chi connectivity index (χ0n) is 6.79. The van der Waals surface area contributed by atoms with Crippen molar-refractivity contribution in [2.75, 3.05) is 24.2 Å². The Kier molecular flexibility index (Phi) is 1.97. The number of aliphatic hydroxyl groups is 1. The van der Waals surface area contributed by atoms with E-state index in [4.69, 9.17) is 22.4 Å². The van der Waals surface area contributed by atoms with Gasteiger partial charge in [0.05, 0.1) is 6.61 Å². The second-order valence-corrected chi connectivity index (χ2v) is 3.25. The Balaban J connectivity index is 2.51. The molecule has 0 spiro atoms. The zero-order chi connectivity index (χ0) is 9.42. The average molecular weight is 201 g/mol. The first-order valence-corrected chi connectivity index (χ1v) is 4.28. The summed E-state index contributed by atoms with van der Waals surface area (Å²) < 4.78 is 0. The van der Waals surface area contributed by atoms with E-state index in [1.807, 2.05) is 0 Å². The Labute approximate surface area is 79.9 Å². The molecule has 0 aliphatic carbocycles. The van der Waals surface area contributed by atoms with Crippen LogP contribution in [-0.2, 0) is 0 Å². The smallest absolute Gasteiger partial charge is 0.223 e. The van der Waals surface area contributed by atoms with Crippen LogP contribution in [0.3, 0.4) is 0 Å². The Morgan fingerprint density at radius 2 is 2.38 bits per heavy atom. The van der Waals surface area contributed by atoms with Crippen LogP contribution in [0.15, 0.2) is 0 Å². The van der Waals surface area contributed by atoms with Gasteiger partial charge in [-0.25, -0.2) is 4.98 Å². The van der Waals surface area contributed by atoms with E-state index in [0.717, 1.165) is 5.56 Å². The van der Waals surface area contributed by atoms with Gasteiger partial charge in [0, 0.05) is 18.0 Å². The van der Waals surface area contributed by atoms with Crippen molar-refractivity contribution in [3.8, 4) is 0 Å². The molecule has 0 radical (unpaired) electrons. The van der Waals surface area contributed by atoms with Crippen LogP contribution in [0.25, 0.3) is 0 Å². The lowest BCUT2D eigenvalue weighted by Gasteiger charge is -2.06. The predicted molar refractivity (Wildman–Crippen MR) is 49.8 cm³/mol. The van der Waals surface area contributed by atoms with Gasteiger partial charge in [0.1, 0.15) is 11.0 Å². The van der Waals surface area contributed by atoms with E-state index in [-0.39, 0.29) is 18.5 Å². The van der Waals surface area contributed by atoms with E-state index in [0.29, 0.717) is 17.5 Å². The summed E-state index contributed by atoms with van der Waals surface area (Å²) >= 11 is 5.87. The minimum Gasteiger partial charge on any atom is -0.396 e. The molecule has 1 aromatic heterocycles. The number of hydrogen-bond acceptors (Lipinski definition) is 5. The highest BCUT2D eigenvalue weighted by atomic mass is 35.5. The topological polar surface area (TPSA) is 84.1 Å². The number of anilines is 2. The molecule has 1 atom stereocenters. The Morgan fingerprint density at radius 1 is 1.62 bits per heavy atom. The SMILES string of the molecule is Nc1nc(Cl)c2c(n1)NCC2CO. The Hall–Kier alpha value is -1.07. The highest BCUT2D eigenvalue weighted by Gasteiger charge is 2.26. The van der Waals surface area contributed by atoms with Crippen LogP contribution in [0.5, 0.6) is 0 Å². The van der Waals surface area contributed by atoms with E-state index in [2.05, 4.69) is 15.3 Å². The molecule has 13 heavy (non-hydrogen) atoms. The molecule has 0 fully saturated rings. The molecule has 5 nitrogen and oxygen atoms in total. The average Bonchev–Trinajstić information content (AvgIpc) is 2.47. The molecular formula is C7H9ClN4O. The second kappa shape index (κ2) is 3.01. The van der Waals surface area contributed by atoms with Crippen LogP contribution >= 0.6 is 11.6 Å². The summed E-state index contributed by atoms with van der Waals surface area (Å²) in [6, 6.07) is 0. The van der Waals surface area contributed by atoms with Crippen LogP contribution in [0.4, 0.5) is 11.8 Å². The maximum Gasteiger partial charge on any atom is 0.223 e. The molecule has 1 aromatic rings. The van der Waals surface area contributed by atoms with Gasteiger partial charge in [-0.1, -0.05) is 11.6 Å². The third-order valence-corrected chi connectivity index (χ3v) is 2.35. The van der Waals surface area contributed by atoms with Crippen molar-refractivity contribution in [1.82, 2.24) is 9.97 Å². The van der Waals surface area contributed by atoms with Crippen LogP contribution < -0.4 is 11.1 Å². The van der Waals surface area contributed by atoms with Crippen molar-refractivity contribution in [2.45, 2.75) is 5.92 Å². The van der Waals surface area contributed by atoms with Crippen LogP contribution in [0.2, 0.25) is 5.15 Å². The first kappa shape index (κ1) is 8.52. The number of aliphatic hydroxyl groups excluding tert-OH is 1. The van der Waals surface area contributed by atoms with E-state index < -0.39 is 0 Å². The van der Waals surface area contributed by atoms with E-state index in [1.54, 1.807) is 0 Å². The van der Waals surface area contributed by atoms with Gasteiger partial charge in [0.15, 0.2) is 0 Å². The summed E-state index contributed by atoms with van der Waals surface area (Å²) in [6.45, 7) is 0.663. The number of hydrogen-bond donors (Lipinski definition) is 3. The Bertz CT molecular complexity index is 344. The largest absolute Gasteiger partial charge is 0.396 e. The van der Waals surface area contributed by atoms with Crippen molar-refractivity contribution < 1.29 is 5.11 Å². The minimum absolute atomic E-state index is 0.0249. The number of halogens is 1. The molecule has 0 saturated heterocycles. The molecule has 1 aliphatic heterocycles. The normalized spacial score (nSPS) is 19.7. The molecule has 0 bridgehead atoms. The lowest BCUT2D eigenvalue weighted by atomic mass is 10.1. The van der Waals surface area contributed by atoms with Crippen molar-refractivity contribution in [1.29, 1.82) is 0 Å². The fraction of sp³-hybridized carbons (Fsp3) is 0.429. The quantitative estimate of drug-likeness (QED) is 0.565. The van der Waals surface area contributed by atoms with Gasteiger partial charge in [-0.3, -0.25) is 0 Å². The van der Waals surface area contributed by atoms with Gasteiger partial charge in [-0.2, -0.15) is 4.98 Å². The van der Waals surface area contributed by atoms with Crippen LogP contribution in [-0.4, -0.2) is 28.2 Å². The van der Waals surface area contributed by atoms with Gasteiger partial charge in [-0.05, 0) is 0 Å². The third-order valence-electron chi connectivity index (χ3n) is 2.06. The summed E-state index contributed by atoms with van der Waals surface area (Å²) in [5.41, 5.74) is 6.17. The van der Waals surface area contributed by atoms with Crippen molar-refractivity contribution in [2.24, 2.45) is 0 Å². The number of nitrogens with zero attached hydrogens (tertiary/aromatic N) is 2. The lowest BCUT2D eigenvalue weighted by molar-refractivity contribution is 0.273. The zero-order valence-corrected chi connectivity index (χ0v) is 7.54. The molecular weight excluding hydrogens is 192 g/mol. The van der Waals surface area contributed by atoms with E-state index in [9.17, 15) is 0 Å². The summed E-state index contributed by atoms with van der Waals surface area (Å²) in [7, 11) is 0. The van der Waals surface area contributed by atoms with Crippen molar-refractivity contribution in [3.63, 3.8) is 0 Å². The standard InChI is InChI=1S/C7H9ClN4O/c8-5-4-3(2-13)1-10-6(4)12-7(9)11-5/h3,13H,1-2H2,(H3,9,10,11,12). The van der Waals surface area contributed by atoms with E-state index in [1.165, 1.54) is 0 Å². The first-order chi connectivity index (χ1) is 6.22. The molecule has 0 saturated carbocycles. The molecule has 2 heterocycles. The molecule has 0 aromatic carbocycles. The minimum atomic E-state index is -0.0249. The Morgan fingerprint density at radius 3 is 3.08 bits per heavy atom. The summed E-state index contributed by atoms with van der Waals surface area (Å²) in [6.07, 6.45) is 0. The van der Waals surface area contributed by atoms with Crippen molar-refractivity contribution in [3.05, 3.63) is 10.7 Å². The number of nitrogen functional groups attached to an aromatic ring is 1. The summed E-state index contributed by atoms with van der Waals surface area (Å²) in [5.74, 6) is 0.759. The predicted octanol–water partition coefficient (Wildman–Crippen LogP) is 0.214.